The molecule has 2 aromatic rings. The number of aliphatic hydroxyl groups excluding tert-OH is 1. The Morgan fingerprint density at radius 3 is 2.67 bits per heavy atom. The van der Waals surface area contributed by atoms with Crippen molar-refractivity contribution in [2.45, 2.75) is 19.9 Å². The highest BCUT2D eigenvalue weighted by Gasteiger charge is 2.09. The van der Waals surface area contributed by atoms with E-state index in [2.05, 4.69) is 34.2 Å². The van der Waals surface area contributed by atoms with Gasteiger partial charge in [-0.25, -0.2) is 0 Å². The first-order valence-corrected chi connectivity index (χ1v) is 7.89. The van der Waals surface area contributed by atoms with E-state index in [1.165, 1.54) is 0 Å². The van der Waals surface area contributed by atoms with Crippen molar-refractivity contribution in [3.05, 3.63) is 58.1 Å². The summed E-state index contributed by atoms with van der Waals surface area (Å²) in [6.45, 7) is 3.87. The van der Waals surface area contributed by atoms with Crippen LogP contribution in [0.4, 0.5) is 0 Å². The third-order valence-electron chi connectivity index (χ3n) is 3.17. The Morgan fingerprint density at radius 2 is 1.90 bits per heavy atom. The van der Waals surface area contributed by atoms with E-state index in [4.69, 9.17) is 9.84 Å². The molecule has 0 aliphatic carbocycles. The highest BCUT2D eigenvalue weighted by molar-refractivity contribution is 9.10. The molecular formula is C17H20BrNO2. The van der Waals surface area contributed by atoms with Crippen molar-refractivity contribution in [2.75, 3.05) is 13.2 Å². The zero-order valence-corrected chi connectivity index (χ0v) is 13.7. The van der Waals surface area contributed by atoms with Crippen LogP contribution < -0.4 is 10.1 Å². The van der Waals surface area contributed by atoms with Gasteiger partial charge in [0.15, 0.2) is 0 Å². The molecule has 0 aliphatic heterocycles. The summed E-state index contributed by atoms with van der Waals surface area (Å²) in [6, 6.07) is 13.9. The molecule has 0 aliphatic rings. The Morgan fingerprint density at radius 1 is 1.10 bits per heavy atom. The maximum absolute atomic E-state index is 9.15. The number of nitrogens with one attached hydrogen (secondary N) is 1. The molecule has 0 heterocycles. The first-order chi connectivity index (χ1) is 10.2. The summed E-state index contributed by atoms with van der Waals surface area (Å²) < 4.78 is 7.07. The quantitative estimate of drug-likeness (QED) is 0.796. The molecule has 2 rings (SSSR count). The Balaban J connectivity index is 2.27. The SMILES string of the molecule is CCNCc1ccc(Br)cc1Oc1ccccc1CCO. The number of hydrogen-bond donors (Lipinski definition) is 2. The lowest BCUT2D eigenvalue weighted by Crippen LogP contribution is -2.12. The van der Waals surface area contributed by atoms with Crippen LogP contribution in [-0.2, 0) is 13.0 Å². The van der Waals surface area contributed by atoms with E-state index in [9.17, 15) is 0 Å². The average molecular weight is 350 g/mol. The number of para-hydroxylation sites is 1. The second-order valence-corrected chi connectivity index (χ2v) is 5.63. The molecule has 0 saturated carbocycles. The van der Waals surface area contributed by atoms with Gasteiger partial charge in [0.25, 0.3) is 0 Å². The summed E-state index contributed by atoms with van der Waals surface area (Å²) in [7, 11) is 0. The standard InChI is InChI=1S/C17H20BrNO2/c1-2-19-12-14-7-8-15(18)11-17(14)21-16-6-4-3-5-13(16)9-10-20/h3-8,11,19-20H,2,9-10,12H2,1H3. The second kappa shape index (κ2) is 8.17. The van der Waals surface area contributed by atoms with Gasteiger partial charge in [-0.1, -0.05) is 47.1 Å². The maximum Gasteiger partial charge on any atom is 0.133 e. The summed E-state index contributed by atoms with van der Waals surface area (Å²) in [5.41, 5.74) is 2.12. The van der Waals surface area contributed by atoms with Crippen molar-refractivity contribution in [1.29, 1.82) is 0 Å². The Bertz CT molecular complexity index is 587. The van der Waals surface area contributed by atoms with Crippen molar-refractivity contribution < 1.29 is 9.84 Å². The van der Waals surface area contributed by atoms with E-state index in [1.807, 2.05) is 36.4 Å². The van der Waals surface area contributed by atoms with Gasteiger partial charge in [0.1, 0.15) is 11.5 Å². The van der Waals surface area contributed by atoms with Crippen molar-refractivity contribution in [1.82, 2.24) is 5.32 Å². The Hall–Kier alpha value is -1.36. The van der Waals surface area contributed by atoms with Gasteiger partial charge in [0.2, 0.25) is 0 Å². The summed E-state index contributed by atoms with van der Waals surface area (Å²) in [5, 5.41) is 12.5. The Labute approximate surface area is 134 Å². The summed E-state index contributed by atoms with van der Waals surface area (Å²) >= 11 is 3.49. The molecule has 0 bridgehead atoms. The van der Waals surface area contributed by atoms with Crippen LogP contribution in [0.1, 0.15) is 18.1 Å². The molecule has 0 radical (unpaired) electrons. The van der Waals surface area contributed by atoms with Crippen LogP contribution in [0, 0.1) is 0 Å². The molecule has 4 heteroatoms. The molecule has 3 nitrogen and oxygen atoms in total. The Kier molecular flexibility index (Phi) is 6.23. The molecule has 0 unspecified atom stereocenters. The highest BCUT2D eigenvalue weighted by atomic mass is 79.9. The molecular weight excluding hydrogens is 330 g/mol. The van der Waals surface area contributed by atoms with Crippen LogP contribution in [0.3, 0.4) is 0 Å². The van der Waals surface area contributed by atoms with Crippen molar-refractivity contribution in [3.8, 4) is 11.5 Å². The van der Waals surface area contributed by atoms with Crippen LogP contribution >= 0.6 is 15.9 Å². The number of aliphatic hydroxyl groups is 1. The smallest absolute Gasteiger partial charge is 0.133 e. The lowest BCUT2D eigenvalue weighted by molar-refractivity contribution is 0.298. The normalized spacial score (nSPS) is 10.6. The van der Waals surface area contributed by atoms with E-state index in [1.54, 1.807) is 0 Å². The minimum atomic E-state index is 0.114. The lowest BCUT2D eigenvalue weighted by Gasteiger charge is -2.14. The minimum Gasteiger partial charge on any atom is -0.457 e. The zero-order chi connectivity index (χ0) is 15.1. The van der Waals surface area contributed by atoms with E-state index >= 15 is 0 Å². The molecule has 0 fully saturated rings. The fourth-order valence-corrected chi connectivity index (χ4v) is 2.42. The average Bonchev–Trinajstić information content (AvgIpc) is 2.49. The van der Waals surface area contributed by atoms with Gasteiger partial charge in [0.05, 0.1) is 0 Å². The van der Waals surface area contributed by atoms with Crippen LogP contribution in [0.15, 0.2) is 46.9 Å². The van der Waals surface area contributed by atoms with Crippen molar-refractivity contribution in [3.63, 3.8) is 0 Å². The monoisotopic (exact) mass is 349 g/mol. The number of hydrogen-bond acceptors (Lipinski definition) is 3. The van der Waals surface area contributed by atoms with Crippen LogP contribution in [0.25, 0.3) is 0 Å². The van der Waals surface area contributed by atoms with E-state index < -0.39 is 0 Å². The van der Waals surface area contributed by atoms with Gasteiger partial charge in [-0.15, -0.1) is 0 Å². The predicted molar refractivity (Wildman–Crippen MR) is 88.8 cm³/mol. The number of benzene rings is 2. The molecule has 2 aromatic carbocycles. The molecule has 0 amide bonds. The molecule has 0 spiro atoms. The van der Waals surface area contributed by atoms with Crippen LogP contribution in [-0.4, -0.2) is 18.3 Å². The highest BCUT2D eigenvalue weighted by Crippen LogP contribution is 2.30. The molecule has 0 aromatic heterocycles. The fraction of sp³-hybridized carbons (Fsp3) is 0.294. The van der Waals surface area contributed by atoms with Gasteiger partial charge >= 0.3 is 0 Å². The molecule has 21 heavy (non-hydrogen) atoms. The van der Waals surface area contributed by atoms with E-state index in [-0.39, 0.29) is 6.61 Å². The van der Waals surface area contributed by atoms with Crippen LogP contribution in [0.5, 0.6) is 11.5 Å². The number of rotatable bonds is 7. The van der Waals surface area contributed by atoms with Gasteiger partial charge in [-0.05, 0) is 36.7 Å². The first-order valence-electron chi connectivity index (χ1n) is 7.10. The first kappa shape index (κ1) is 16.0. The van der Waals surface area contributed by atoms with Crippen molar-refractivity contribution in [2.24, 2.45) is 0 Å². The molecule has 2 N–H and O–H groups in total. The summed E-state index contributed by atoms with van der Waals surface area (Å²) in [6.07, 6.45) is 0.590. The number of halogens is 1. The van der Waals surface area contributed by atoms with E-state index in [0.29, 0.717) is 6.42 Å². The zero-order valence-electron chi connectivity index (χ0n) is 12.1. The lowest BCUT2D eigenvalue weighted by atomic mass is 10.1. The van der Waals surface area contributed by atoms with Gasteiger partial charge in [0, 0.05) is 23.2 Å². The predicted octanol–water partition coefficient (Wildman–Crippen LogP) is 3.89. The largest absolute Gasteiger partial charge is 0.457 e. The van der Waals surface area contributed by atoms with Gasteiger partial charge < -0.3 is 15.2 Å². The number of ether oxygens (including phenoxy) is 1. The van der Waals surface area contributed by atoms with E-state index in [0.717, 1.165) is 40.2 Å². The van der Waals surface area contributed by atoms with Crippen LogP contribution in [0.2, 0.25) is 0 Å². The second-order valence-electron chi connectivity index (χ2n) is 4.72. The van der Waals surface area contributed by atoms with Gasteiger partial charge in [-0.3, -0.25) is 0 Å². The van der Waals surface area contributed by atoms with Gasteiger partial charge in [-0.2, -0.15) is 0 Å². The third kappa shape index (κ3) is 4.56. The maximum atomic E-state index is 9.15. The summed E-state index contributed by atoms with van der Waals surface area (Å²) in [5.74, 6) is 1.62. The minimum absolute atomic E-state index is 0.114. The fourth-order valence-electron chi connectivity index (χ4n) is 2.08. The molecule has 0 saturated heterocycles. The topological polar surface area (TPSA) is 41.5 Å². The summed E-state index contributed by atoms with van der Waals surface area (Å²) in [4.78, 5) is 0. The molecule has 0 atom stereocenters. The third-order valence-corrected chi connectivity index (χ3v) is 3.66. The van der Waals surface area contributed by atoms with Crippen molar-refractivity contribution >= 4 is 15.9 Å². The molecule has 112 valence electrons.